The third kappa shape index (κ3) is 3.00. The molecule has 0 spiro atoms. The van der Waals surface area contributed by atoms with Crippen molar-refractivity contribution >= 4 is 5.91 Å². The molecule has 82 valence electrons. The normalized spacial score (nSPS) is 20.9. The van der Waals surface area contributed by atoms with Crippen LogP contribution in [0.25, 0.3) is 0 Å². The van der Waals surface area contributed by atoms with Crippen molar-refractivity contribution in [2.75, 3.05) is 0 Å². The van der Waals surface area contributed by atoms with Gasteiger partial charge in [-0.1, -0.05) is 33.6 Å². The van der Waals surface area contributed by atoms with E-state index in [1.54, 1.807) is 0 Å². The van der Waals surface area contributed by atoms with Gasteiger partial charge in [0.05, 0.1) is 0 Å². The third-order valence-corrected chi connectivity index (χ3v) is 3.15. The number of nitrogens with one attached hydrogen (secondary N) is 1. The van der Waals surface area contributed by atoms with Gasteiger partial charge < -0.3 is 5.32 Å². The highest BCUT2D eigenvalue weighted by Crippen LogP contribution is 2.28. The van der Waals surface area contributed by atoms with E-state index in [-0.39, 0.29) is 11.3 Å². The summed E-state index contributed by atoms with van der Waals surface area (Å²) in [4.78, 5) is 11.7. The first-order chi connectivity index (χ1) is 6.41. The predicted molar refractivity (Wildman–Crippen MR) is 59.0 cm³/mol. The number of amides is 1. The van der Waals surface area contributed by atoms with E-state index in [2.05, 4.69) is 12.2 Å². The van der Waals surface area contributed by atoms with Crippen LogP contribution in [0.1, 0.15) is 53.4 Å². The number of hydrogen-bond donors (Lipinski definition) is 1. The van der Waals surface area contributed by atoms with Gasteiger partial charge in [0.2, 0.25) is 5.91 Å². The Hall–Kier alpha value is -0.530. The lowest BCUT2D eigenvalue weighted by Crippen LogP contribution is -2.43. The summed E-state index contributed by atoms with van der Waals surface area (Å²) in [6.07, 6.45) is 5.23. The van der Waals surface area contributed by atoms with Crippen LogP contribution in [0.3, 0.4) is 0 Å². The first-order valence-corrected chi connectivity index (χ1v) is 5.72. The van der Waals surface area contributed by atoms with E-state index in [9.17, 15) is 4.79 Å². The molecule has 0 radical (unpaired) electrons. The van der Waals surface area contributed by atoms with Gasteiger partial charge in [-0.2, -0.15) is 0 Å². The molecule has 1 N–H and O–H groups in total. The summed E-state index contributed by atoms with van der Waals surface area (Å²) in [5.41, 5.74) is -0.257. The molecule has 14 heavy (non-hydrogen) atoms. The molecule has 0 aromatic rings. The molecule has 1 aliphatic carbocycles. The maximum Gasteiger partial charge on any atom is 0.225 e. The summed E-state index contributed by atoms with van der Waals surface area (Å²) in [5.74, 6) is 0.887. The maximum atomic E-state index is 11.7. The lowest BCUT2D eigenvalue weighted by atomic mass is 9.93. The Balaban J connectivity index is 2.39. The van der Waals surface area contributed by atoms with Gasteiger partial charge in [0.1, 0.15) is 0 Å². The Kier molecular flexibility index (Phi) is 3.57. The molecule has 1 fully saturated rings. The molecule has 1 amide bonds. The molecule has 0 unspecified atom stereocenters. The molecule has 2 nitrogen and oxygen atoms in total. The van der Waals surface area contributed by atoms with Gasteiger partial charge in [-0.3, -0.25) is 4.79 Å². The van der Waals surface area contributed by atoms with Crippen molar-refractivity contribution < 1.29 is 4.79 Å². The summed E-state index contributed by atoms with van der Waals surface area (Å²) >= 11 is 0. The smallest absolute Gasteiger partial charge is 0.225 e. The molecular formula is C12H23NO. The van der Waals surface area contributed by atoms with Crippen LogP contribution >= 0.6 is 0 Å². The standard InChI is InChI=1S/C12H23NO/c1-9(10-7-5-6-8-10)13-11(14)12(2,3)4/h9-10H,5-8H2,1-4H3,(H,13,14)/t9-/m0/s1. The fourth-order valence-corrected chi connectivity index (χ4v) is 2.00. The molecule has 1 aliphatic rings. The molecule has 0 aromatic heterocycles. The van der Waals surface area contributed by atoms with Crippen LogP contribution in [0.5, 0.6) is 0 Å². The van der Waals surface area contributed by atoms with Gasteiger partial charge >= 0.3 is 0 Å². The van der Waals surface area contributed by atoms with Crippen molar-refractivity contribution in [2.24, 2.45) is 11.3 Å². The van der Waals surface area contributed by atoms with Crippen LogP contribution in [-0.2, 0) is 4.79 Å². The minimum atomic E-state index is -0.257. The lowest BCUT2D eigenvalue weighted by Gasteiger charge is -2.25. The minimum absolute atomic E-state index is 0.178. The molecule has 0 saturated heterocycles. The van der Waals surface area contributed by atoms with Crippen LogP contribution in [0, 0.1) is 11.3 Å². The van der Waals surface area contributed by atoms with Crippen molar-refractivity contribution in [2.45, 2.75) is 59.4 Å². The zero-order valence-corrected chi connectivity index (χ0v) is 9.89. The fraction of sp³-hybridized carbons (Fsp3) is 0.917. The van der Waals surface area contributed by atoms with E-state index in [0.717, 1.165) is 0 Å². The number of hydrogen-bond acceptors (Lipinski definition) is 1. The lowest BCUT2D eigenvalue weighted by molar-refractivity contribution is -0.129. The summed E-state index contributed by atoms with van der Waals surface area (Å²) in [5, 5.41) is 3.12. The van der Waals surface area contributed by atoms with Crippen LogP contribution in [-0.4, -0.2) is 11.9 Å². The van der Waals surface area contributed by atoms with E-state index >= 15 is 0 Å². The van der Waals surface area contributed by atoms with E-state index < -0.39 is 0 Å². The van der Waals surface area contributed by atoms with Crippen molar-refractivity contribution in [3.05, 3.63) is 0 Å². The van der Waals surface area contributed by atoms with Gasteiger partial charge in [0.25, 0.3) is 0 Å². The van der Waals surface area contributed by atoms with E-state index in [1.165, 1.54) is 25.7 Å². The Morgan fingerprint density at radius 1 is 1.29 bits per heavy atom. The number of carbonyl (C=O) groups excluding carboxylic acids is 1. The van der Waals surface area contributed by atoms with Gasteiger partial charge in [-0.15, -0.1) is 0 Å². The zero-order chi connectivity index (χ0) is 10.8. The number of carbonyl (C=O) groups is 1. The number of rotatable bonds is 2. The topological polar surface area (TPSA) is 29.1 Å². The average molecular weight is 197 g/mol. The van der Waals surface area contributed by atoms with Gasteiger partial charge in [0.15, 0.2) is 0 Å². The first kappa shape index (κ1) is 11.5. The van der Waals surface area contributed by atoms with Crippen molar-refractivity contribution in [1.29, 1.82) is 0 Å². The van der Waals surface area contributed by atoms with E-state index in [4.69, 9.17) is 0 Å². The van der Waals surface area contributed by atoms with E-state index in [1.807, 2.05) is 20.8 Å². The van der Waals surface area contributed by atoms with Gasteiger partial charge in [0, 0.05) is 11.5 Å². The zero-order valence-electron chi connectivity index (χ0n) is 9.89. The largest absolute Gasteiger partial charge is 0.353 e. The molecule has 0 bridgehead atoms. The fourth-order valence-electron chi connectivity index (χ4n) is 2.00. The second-order valence-electron chi connectivity index (χ2n) is 5.56. The van der Waals surface area contributed by atoms with Crippen molar-refractivity contribution in [1.82, 2.24) is 5.32 Å². The molecule has 0 heterocycles. The summed E-state index contributed by atoms with van der Waals surface area (Å²) < 4.78 is 0. The molecule has 0 aromatic carbocycles. The van der Waals surface area contributed by atoms with Crippen LogP contribution in [0.4, 0.5) is 0 Å². The summed E-state index contributed by atoms with van der Waals surface area (Å²) in [6.45, 7) is 8.02. The average Bonchev–Trinajstić information content (AvgIpc) is 2.53. The second-order valence-corrected chi connectivity index (χ2v) is 5.56. The van der Waals surface area contributed by atoms with Crippen molar-refractivity contribution in [3.63, 3.8) is 0 Å². The Morgan fingerprint density at radius 3 is 2.21 bits per heavy atom. The first-order valence-electron chi connectivity index (χ1n) is 5.72. The third-order valence-electron chi connectivity index (χ3n) is 3.15. The Morgan fingerprint density at radius 2 is 1.79 bits per heavy atom. The van der Waals surface area contributed by atoms with Crippen molar-refractivity contribution in [3.8, 4) is 0 Å². The maximum absolute atomic E-state index is 11.7. The van der Waals surface area contributed by atoms with Crippen LogP contribution in [0.2, 0.25) is 0 Å². The highest BCUT2D eigenvalue weighted by molar-refractivity contribution is 5.81. The van der Waals surface area contributed by atoms with Crippen LogP contribution < -0.4 is 5.32 Å². The molecule has 1 saturated carbocycles. The molecule has 2 heteroatoms. The van der Waals surface area contributed by atoms with Gasteiger partial charge in [-0.05, 0) is 25.7 Å². The molecule has 1 atom stereocenters. The Bertz CT molecular complexity index is 199. The monoisotopic (exact) mass is 197 g/mol. The highest BCUT2D eigenvalue weighted by atomic mass is 16.2. The molecule has 1 rings (SSSR count). The Labute approximate surface area is 87.5 Å². The summed E-state index contributed by atoms with van der Waals surface area (Å²) in [7, 11) is 0. The van der Waals surface area contributed by atoms with Crippen LogP contribution in [0.15, 0.2) is 0 Å². The summed E-state index contributed by atoms with van der Waals surface area (Å²) in [6, 6.07) is 0.351. The quantitative estimate of drug-likeness (QED) is 0.724. The predicted octanol–water partition coefficient (Wildman–Crippen LogP) is 2.73. The SMILES string of the molecule is C[C@H](NC(=O)C(C)(C)C)C1CCCC1. The van der Waals surface area contributed by atoms with Gasteiger partial charge in [-0.25, -0.2) is 0 Å². The second kappa shape index (κ2) is 4.33. The minimum Gasteiger partial charge on any atom is -0.353 e. The molecule has 0 aliphatic heterocycles. The highest BCUT2D eigenvalue weighted by Gasteiger charge is 2.27. The molecular weight excluding hydrogens is 174 g/mol. The van der Waals surface area contributed by atoms with E-state index in [0.29, 0.717) is 12.0 Å².